The number of rotatable bonds is 4. The molecule has 0 radical (unpaired) electrons. The number of guanidine groups is 1. The molecule has 0 aliphatic carbocycles. The highest BCUT2D eigenvalue weighted by atomic mass is 15.2. The fourth-order valence-corrected chi connectivity index (χ4v) is 3.21. The fourth-order valence-electron chi connectivity index (χ4n) is 3.21. The van der Waals surface area contributed by atoms with Gasteiger partial charge in [0.2, 0.25) is 0 Å². The van der Waals surface area contributed by atoms with E-state index < -0.39 is 0 Å². The molecule has 122 valence electrons. The molecule has 1 aromatic carbocycles. The number of hydrogen-bond acceptors (Lipinski definition) is 2. The standard InChI is InChI=1S/C18H30N4/c1-13-6-5-7-22(12-13)16(4)11-20-18(19)21-17-9-14(2)8-15(3)10-17/h8-10,13,16H,5-7,11-12H2,1-4H3,(H3,19,20,21). The van der Waals surface area contributed by atoms with Gasteiger partial charge < -0.3 is 11.1 Å². The number of likely N-dealkylation sites (tertiary alicyclic amines) is 1. The van der Waals surface area contributed by atoms with Gasteiger partial charge in [0.25, 0.3) is 0 Å². The summed E-state index contributed by atoms with van der Waals surface area (Å²) in [6.45, 7) is 11.9. The van der Waals surface area contributed by atoms with Gasteiger partial charge in [0.15, 0.2) is 5.96 Å². The molecule has 4 nitrogen and oxygen atoms in total. The summed E-state index contributed by atoms with van der Waals surface area (Å²) in [7, 11) is 0. The first-order chi connectivity index (χ1) is 10.4. The normalized spacial score (nSPS) is 21.6. The lowest BCUT2D eigenvalue weighted by molar-refractivity contribution is 0.142. The van der Waals surface area contributed by atoms with Crippen molar-refractivity contribution in [3.05, 3.63) is 29.3 Å². The Morgan fingerprint density at radius 2 is 2.05 bits per heavy atom. The Kier molecular flexibility index (Phi) is 5.83. The Hall–Kier alpha value is -1.55. The van der Waals surface area contributed by atoms with Gasteiger partial charge in [-0.25, -0.2) is 0 Å². The van der Waals surface area contributed by atoms with E-state index in [1.807, 2.05) is 0 Å². The highest BCUT2D eigenvalue weighted by Gasteiger charge is 2.20. The first-order valence-electron chi connectivity index (χ1n) is 8.33. The molecular formula is C18H30N4. The van der Waals surface area contributed by atoms with Crippen molar-refractivity contribution in [2.24, 2.45) is 16.6 Å². The van der Waals surface area contributed by atoms with Crippen LogP contribution in [-0.4, -0.2) is 36.5 Å². The van der Waals surface area contributed by atoms with Crippen molar-refractivity contribution in [1.29, 1.82) is 0 Å². The van der Waals surface area contributed by atoms with Gasteiger partial charge in [-0.3, -0.25) is 9.89 Å². The minimum Gasteiger partial charge on any atom is -0.370 e. The summed E-state index contributed by atoms with van der Waals surface area (Å²) in [6.07, 6.45) is 2.65. The van der Waals surface area contributed by atoms with Crippen molar-refractivity contribution in [3.63, 3.8) is 0 Å². The lowest BCUT2D eigenvalue weighted by Crippen LogP contribution is -2.42. The van der Waals surface area contributed by atoms with Crippen LogP contribution in [0.15, 0.2) is 23.2 Å². The molecule has 1 saturated heterocycles. The fraction of sp³-hybridized carbons (Fsp3) is 0.611. The number of nitrogens with two attached hydrogens (primary N) is 1. The molecule has 0 spiro atoms. The maximum atomic E-state index is 6.03. The minimum atomic E-state index is 0.447. The second kappa shape index (κ2) is 7.63. The SMILES string of the molecule is Cc1cc(C)cc(NC(N)=NCC(C)N2CCCC(C)C2)c1. The van der Waals surface area contributed by atoms with E-state index in [0.717, 1.165) is 18.2 Å². The van der Waals surface area contributed by atoms with Crippen molar-refractivity contribution in [2.75, 3.05) is 25.0 Å². The highest BCUT2D eigenvalue weighted by Crippen LogP contribution is 2.18. The molecule has 2 atom stereocenters. The van der Waals surface area contributed by atoms with Crippen LogP contribution in [0.3, 0.4) is 0 Å². The second-order valence-corrected chi connectivity index (χ2v) is 6.82. The maximum Gasteiger partial charge on any atom is 0.193 e. The van der Waals surface area contributed by atoms with Crippen LogP contribution in [0.4, 0.5) is 5.69 Å². The van der Waals surface area contributed by atoms with Gasteiger partial charge in [0.1, 0.15) is 0 Å². The third-order valence-electron chi connectivity index (χ3n) is 4.33. The van der Waals surface area contributed by atoms with Gasteiger partial charge in [-0.1, -0.05) is 13.0 Å². The number of anilines is 1. The molecular weight excluding hydrogens is 272 g/mol. The Balaban J connectivity index is 1.89. The number of benzene rings is 1. The monoisotopic (exact) mass is 302 g/mol. The second-order valence-electron chi connectivity index (χ2n) is 6.82. The van der Waals surface area contributed by atoms with E-state index >= 15 is 0 Å². The van der Waals surface area contributed by atoms with Crippen LogP contribution >= 0.6 is 0 Å². The average molecular weight is 302 g/mol. The van der Waals surface area contributed by atoms with Crippen LogP contribution in [0.5, 0.6) is 0 Å². The predicted molar refractivity (Wildman–Crippen MR) is 95.5 cm³/mol. The molecule has 1 aromatic rings. The molecule has 2 unspecified atom stereocenters. The van der Waals surface area contributed by atoms with Gasteiger partial charge in [-0.2, -0.15) is 0 Å². The Bertz CT molecular complexity index is 504. The van der Waals surface area contributed by atoms with Gasteiger partial charge >= 0.3 is 0 Å². The van der Waals surface area contributed by atoms with Crippen molar-refractivity contribution >= 4 is 11.6 Å². The predicted octanol–water partition coefficient (Wildman–Crippen LogP) is 3.15. The molecule has 0 bridgehead atoms. The smallest absolute Gasteiger partial charge is 0.193 e. The van der Waals surface area contributed by atoms with Crippen LogP contribution in [0.2, 0.25) is 0 Å². The van der Waals surface area contributed by atoms with Crippen molar-refractivity contribution in [3.8, 4) is 0 Å². The van der Waals surface area contributed by atoms with E-state index in [1.165, 1.54) is 37.1 Å². The van der Waals surface area contributed by atoms with Gasteiger partial charge in [-0.05, 0) is 69.3 Å². The summed E-state index contributed by atoms with van der Waals surface area (Å²) in [4.78, 5) is 7.05. The number of piperidine rings is 1. The van der Waals surface area contributed by atoms with Crippen LogP contribution < -0.4 is 11.1 Å². The Morgan fingerprint density at radius 3 is 2.68 bits per heavy atom. The lowest BCUT2D eigenvalue weighted by atomic mass is 9.99. The third-order valence-corrected chi connectivity index (χ3v) is 4.33. The lowest BCUT2D eigenvalue weighted by Gasteiger charge is -2.34. The molecule has 4 heteroatoms. The molecule has 1 aliphatic rings. The van der Waals surface area contributed by atoms with E-state index in [2.05, 4.69) is 61.1 Å². The van der Waals surface area contributed by atoms with E-state index in [4.69, 9.17) is 5.73 Å². The molecule has 3 N–H and O–H groups in total. The number of aliphatic imine (C=N–C) groups is 1. The third kappa shape index (κ3) is 5.02. The van der Waals surface area contributed by atoms with Crippen LogP contribution in [0.1, 0.15) is 37.8 Å². The van der Waals surface area contributed by atoms with E-state index in [-0.39, 0.29) is 0 Å². The number of nitrogens with one attached hydrogen (secondary N) is 1. The molecule has 22 heavy (non-hydrogen) atoms. The van der Waals surface area contributed by atoms with Gasteiger partial charge in [-0.15, -0.1) is 0 Å². The number of nitrogens with zero attached hydrogens (tertiary/aromatic N) is 2. The summed E-state index contributed by atoms with van der Waals surface area (Å²) in [5.74, 6) is 1.30. The van der Waals surface area contributed by atoms with Crippen LogP contribution in [0, 0.1) is 19.8 Å². The summed E-state index contributed by atoms with van der Waals surface area (Å²) in [5, 5.41) is 3.20. The van der Waals surface area contributed by atoms with Crippen molar-refractivity contribution in [1.82, 2.24) is 4.90 Å². The zero-order valence-corrected chi connectivity index (χ0v) is 14.4. The number of hydrogen-bond donors (Lipinski definition) is 2. The molecule has 2 rings (SSSR count). The Morgan fingerprint density at radius 1 is 1.36 bits per heavy atom. The molecule has 1 heterocycles. The van der Waals surface area contributed by atoms with Gasteiger partial charge in [0.05, 0.1) is 6.54 Å². The Labute approximate surface area is 134 Å². The maximum absolute atomic E-state index is 6.03. The quantitative estimate of drug-likeness (QED) is 0.663. The zero-order valence-electron chi connectivity index (χ0n) is 14.4. The highest BCUT2D eigenvalue weighted by molar-refractivity contribution is 5.92. The molecule has 1 fully saturated rings. The minimum absolute atomic E-state index is 0.447. The zero-order chi connectivity index (χ0) is 16.1. The molecule has 0 aromatic heterocycles. The number of aryl methyl sites for hydroxylation is 2. The first kappa shape index (κ1) is 16.8. The summed E-state index contributed by atoms with van der Waals surface area (Å²) < 4.78 is 0. The largest absolute Gasteiger partial charge is 0.370 e. The molecule has 0 saturated carbocycles. The van der Waals surface area contributed by atoms with Crippen molar-refractivity contribution < 1.29 is 0 Å². The molecule has 0 amide bonds. The average Bonchev–Trinajstić information content (AvgIpc) is 2.43. The molecule has 1 aliphatic heterocycles. The van der Waals surface area contributed by atoms with Crippen LogP contribution in [-0.2, 0) is 0 Å². The first-order valence-corrected chi connectivity index (χ1v) is 8.33. The van der Waals surface area contributed by atoms with Crippen LogP contribution in [0.25, 0.3) is 0 Å². The summed E-state index contributed by atoms with van der Waals surface area (Å²) in [6, 6.07) is 6.77. The van der Waals surface area contributed by atoms with E-state index in [9.17, 15) is 0 Å². The summed E-state index contributed by atoms with van der Waals surface area (Å²) >= 11 is 0. The topological polar surface area (TPSA) is 53.6 Å². The summed E-state index contributed by atoms with van der Waals surface area (Å²) in [5.41, 5.74) is 9.50. The van der Waals surface area contributed by atoms with E-state index in [1.54, 1.807) is 0 Å². The van der Waals surface area contributed by atoms with Crippen molar-refractivity contribution in [2.45, 2.75) is 46.6 Å². The van der Waals surface area contributed by atoms with Gasteiger partial charge in [0, 0.05) is 18.3 Å². The van der Waals surface area contributed by atoms with E-state index in [0.29, 0.717) is 12.0 Å².